The van der Waals surface area contributed by atoms with Crippen LogP contribution in [0.4, 0.5) is 20.2 Å². The van der Waals surface area contributed by atoms with Gasteiger partial charge in [-0.2, -0.15) is 5.26 Å². The minimum atomic E-state index is -0.979. The van der Waals surface area contributed by atoms with Crippen LogP contribution in [0.2, 0.25) is 0 Å². The number of carbonyl (C=O) groups excluding carboxylic acids is 1. The van der Waals surface area contributed by atoms with Gasteiger partial charge in [-0.15, -0.1) is 0 Å². The molecule has 0 saturated carbocycles. The van der Waals surface area contributed by atoms with Crippen molar-refractivity contribution in [3.63, 3.8) is 0 Å². The summed E-state index contributed by atoms with van der Waals surface area (Å²) < 4.78 is 25.7. The number of nitriles is 1. The summed E-state index contributed by atoms with van der Waals surface area (Å²) in [6.07, 6.45) is 0. The normalized spacial score (nSPS) is 9.76. The van der Waals surface area contributed by atoms with Crippen molar-refractivity contribution in [3.8, 4) is 6.07 Å². The molecule has 2 rings (SSSR count). The van der Waals surface area contributed by atoms with Gasteiger partial charge in [0, 0.05) is 17.4 Å². The van der Waals surface area contributed by atoms with Crippen LogP contribution in [0.1, 0.15) is 5.56 Å². The number of hydrogen-bond donors (Lipinski definition) is 2. The first-order valence-corrected chi connectivity index (χ1v) is 6.07. The van der Waals surface area contributed by atoms with Gasteiger partial charge in [0.25, 0.3) is 0 Å². The van der Waals surface area contributed by atoms with Crippen molar-refractivity contribution in [2.45, 2.75) is 0 Å². The van der Waals surface area contributed by atoms with Crippen LogP contribution in [0.25, 0.3) is 0 Å². The molecule has 0 atom stereocenters. The number of nitrogens with zero attached hydrogens (tertiary/aromatic N) is 1. The SMILES string of the molecule is N#Cc1ccc(NC(=O)CNc2ccc(F)c(F)c2)cc1. The van der Waals surface area contributed by atoms with Crippen LogP contribution in [0.5, 0.6) is 0 Å². The summed E-state index contributed by atoms with van der Waals surface area (Å²) in [5.41, 5.74) is 1.35. The first kappa shape index (κ1) is 14.5. The minimum Gasteiger partial charge on any atom is -0.376 e. The molecule has 0 aliphatic heterocycles. The van der Waals surface area contributed by atoms with Gasteiger partial charge in [0.15, 0.2) is 11.6 Å². The zero-order chi connectivity index (χ0) is 15.2. The van der Waals surface area contributed by atoms with E-state index in [9.17, 15) is 13.6 Å². The smallest absolute Gasteiger partial charge is 0.243 e. The predicted molar refractivity (Wildman–Crippen MR) is 74.6 cm³/mol. The molecule has 0 bridgehead atoms. The minimum absolute atomic E-state index is 0.0922. The molecule has 2 aromatic carbocycles. The van der Waals surface area contributed by atoms with Crippen molar-refractivity contribution >= 4 is 17.3 Å². The van der Waals surface area contributed by atoms with Crippen LogP contribution in [0.3, 0.4) is 0 Å². The van der Waals surface area contributed by atoms with Gasteiger partial charge in [0.2, 0.25) is 5.91 Å². The number of nitrogens with one attached hydrogen (secondary N) is 2. The summed E-state index contributed by atoms with van der Waals surface area (Å²) >= 11 is 0. The predicted octanol–water partition coefficient (Wildman–Crippen LogP) is 2.89. The quantitative estimate of drug-likeness (QED) is 0.908. The third-order valence-corrected chi connectivity index (χ3v) is 2.67. The van der Waals surface area contributed by atoms with E-state index in [4.69, 9.17) is 5.26 Å². The molecule has 0 heterocycles. The fourth-order valence-corrected chi connectivity index (χ4v) is 1.62. The lowest BCUT2D eigenvalue weighted by molar-refractivity contribution is -0.114. The molecule has 6 heteroatoms. The van der Waals surface area contributed by atoms with E-state index in [2.05, 4.69) is 10.6 Å². The summed E-state index contributed by atoms with van der Waals surface area (Å²) in [5.74, 6) is -2.26. The maximum Gasteiger partial charge on any atom is 0.243 e. The van der Waals surface area contributed by atoms with Crippen molar-refractivity contribution in [1.82, 2.24) is 0 Å². The number of carbonyl (C=O) groups is 1. The van der Waals surface area contributed by atoms with Crippen molar-refractivity contribution in [1.29, 1.82) is 5.26 Å². The number of benzene rings is 2. The second-order valence-corrected chi connectivity index (χ2v) is 4.22. The summed E-state index contributed by atoms with van der Waals surface area (Å²) in [6, 6.07) is 11.6. The number of amides is 1. The lowest BCUT2D eigenvalue weighted by Crippen LogP contribution is -2.21. The van der Waals surface area contributed by atoms with E-state index < -0.39 is 11.6 Å². The largest absolute Gasteiger partial charge is 0.376 e. The maximum absolute atomic E-state index is 13.0. The van der Waals surface area contributed by atoms with Crippen LogP contribution in [-0.4, -0.2) is 12.5 Å². The number of anilines is 2. The molecule has 2 aromatic rings. The van der Waals surface area contributed by atoms with E-state index in [-0.39, 0.29) is 12.5 Å². The Balaban J connectivity index is 1.89. The van der Waals surface area contributed by atoms with E-state index in [1.165, 1.54) is 6.07 Å². The van der Waals surface area contributed by atoms with Gasteiger partial charge in [0.05, 0.1) is 18.2 Å². The molecule has 0 radical (unpaired) electrons. The monoisotopic (exact) mass is 287 g/mol. The van der Waals surface area contributed by atoms with Gasteiger partial charge in [-0.3, -0.25) is 4.79 Å². The number of halogens is 2. The average Bonchev–Trinajstić information content (AvgIpc) is 2.49. The Bertz CT molecular complexity index is 693. The molecule has 0 unspecified atom stereocenters. The Hall–Kier alpha value is -2.94. The number of hydrogen-bond acceptors (Lipinski definition) is 3. The summed E-state index contributed by atoms with van der Waals surface area (Å²) in [4.78, 5) is 11.7. The first-order valence-electron chi connectivity index (χ1n) is 6.07. The molecule has 0 aliphatic rings. The van der Waals surface area contributed by atoms with Gasteiger partial charge in [-0.25, -0.2) is 8.78 Å². The average molecular weight is 287 g/mol. The molecule has 2 N–H and O–H groups in total. The van der Waals surface area contributed by atoms with Crippen LogP contribution in [-0.2, 0) is 4.79 Å². The maximum atomic E-state index is 13.0. The van der Waals surface area contributed by atoms with E-state index in [0.717, 1.165) is 12.1 Å². The summed E-state index contributed by atoms with van der Waals surface area (Å²) in [5, 5.41) is 14.0. The molecule has 4 nitrogen and oxygen atoms in total. The van der Waals surface area contributed by atoms with Gasteiger partial charge in [-0.05, 0) is 36.4 Å². The van der Waals surface area contributed by atoms with Crippen LogP contribution in [0, 0.1) is 23.0 Å². The molecule has 0 aliphatic carbocycles. The molecule has 0 spiro atoms. The highest BCUT2D eigenvalue weighted by molar-refractivity contribution is 5.93. The topological polar surface area (TPSA) is 64.9 Å². The van der Waals surface area contributed by atoms with Gasteiger partial charge < -0.3 is 10.6 Å². The fraction of sp³-hybridized carbons (Fsp3) is 0.0667. The summed E-state index contributed by atoms with van der Waals surface area (Å²) in [6.45, 7) is -0.0922. The van der Waals surface area contributed by atoms with Gasteiger partial charge in [-0.1, -0.05) is 0 Å². The van der Waals surface area contributed by atoms with E-state index >= 15 is 0 Å². The zero-order valence-electron chi connectivity index (χ0n) is 10.9. The Kier molecular flexibility index (Phi) is 4.46. The van der Waals surface area contributed by atoms with E-state index in [1.54, 1.807) is 24.3 Å². The van der Waals surface area contributed by atoms with E-state index in [1.807, 2.05) is 6.07 Å². The molecule has 0 fully saturated rings. The fourth-order valence-electron chi connectivity index (χ4n) is 1.62. The third-order valence-electron chi connectivity index (χ3n) is 2.67. The highest BCUT2D eigenvalue weighted by Gasteiger charge is 2.05. The Morgan fingerprint density at radius 3 is 2.33 bits per heavy atom. The molecular formula is C15H11F2N3O. The third kappa shape index (κ3) is 4.01. The zero-order valence-corrected chi connectivity index (χ0v) is 10.9. The van der Waals surface area contributed by atoms with Gasteiger partial charge in [0.1, 0.15) is 0 Å². The molecule has 0 aromatic heterocycles. The van der Waals surface area contributed by atoms with Crippen molar-refractivity contribution in [2.75, 3.05) is 17.2 Å². The molecule has 0 saturated heterocycles. The molecule has 21 heavy (non-hydrogen) atoms. The lowest BCUT2D eigenvalue weighted by atomic mass is 10.2. The van der Waals surface area contributed by atoms with E-state index in [0.29, 0.717) is 16.9 Å². The Morgan fingerprint density at radius 1 is 1.05 bits per heavy atom. The van der Waals surface area contributed by atoms with Crippen molar-refractivity contribution in [2.24, 2.45) is 0 Å². The standard InChI is InChI=1S/C15H11F2N3O/c16-13-6-5-12(7-14(13)17)19-9-15(21)20-11-3-1-10(8-18)2-4-11/h1-7,19H,9H2,(H,20,21). The van der Waals surface area contributed by atoms with Crippen LogP contribution in [0.15, 0.2) is 42.5 Å². The molecule has 1 amide bonds. The van der Waals surface area contributed by atoms with Crippen LogP contribution < -0.4 is 10.6 Å². The van der Waals surface area contributed by atoms with Gasteiger partial charge >= 0.3 is 0 Å². The summed E-state index contributed by atoms with van der Waals surface area (Å²) in [7, 11) is 0. The second-order valence-electron chi connectivity index (χ2n) is 4.22. The Morgan fingerprint density at radius 2 is 1.71 bits per heavy atom. The highest BCUT2D eigenvalue weighted by atomic mass is 19.2. The molecule has 106 valence electrons. The van der Waals surface area contributed by atoms with Crippen molar-refractivity contribution in [3.05, 3.63) is 59.7 Å². The van der Waals surface area contributed by atoms with Crippen LogP contribution >= 0.6 is 0 Å². The van der Waals surface area contributed by atoms with Crippen molar-refractivity contribution < 1.29 is 13.6 Å². The lowest BCUT2D eigenvalue weighted by Gasteiger charge is -2.08. The Labute approximate surface area is 120 Å². The number of rotatable bonds is 4. The highest BCUT2D eigenvalue weighted by Crippen LogP contribution is 2.13. The molecular weight excluding hydrogens is 276 g/mol. The first-order chi connectivity index (χ1) is 10.1. The second kappa shape index (κ2) is 6.48.